The molecule has 3 rings (SSSR count). The van der Waals surface area contributed by atoms with Crippen molar-refractivity contribution in [2.75, 3.05) is 13.2 Å². The molecule has 2 nitrogen and oxygen atoms in total. The fraction of sp³-hybridized carbons (Fsp3) is 0.905. The minimum atomic E-state index is 0.0867. The van der Waals surface area contributed by atoms with E-state index in [4.69, 9.17) is 21.1 Å². The smallest absolute Gasteiger partial charge is 0.160 e. The van der Waals surface area contributed by atoms with E-state index in [0.717, 1.165) is 31.0 Å². The molecule has 24 heavy (non-hydrogen) atoms. The number of hydrogen-bond acceptors (Lipinski definition) is 2. The molecule has 0 N–H and O–H groups in total. The molecule has 3 aliphatic rings. The van der Waals surface area contributed by atoms with Crippen molar-refractivity contribution in [1.29, 1.82) is 0 Å². The SMILES string of the molecule is CCCC1COC(C2CCC(C3CCC(/C=C/Cl)CC3)CC2)OC1. The molecule has 1 saturated heterocycles. The van der Waals surface area contributed by atoms with Crippen molar-refractivity contribution in [3.05, 3.63) is 11.6 Å². The highest BCUT2D eigenvalue weighted by Crippen LogP contribution is 2.43. The Bertz CT molecular complexity index is 373. The molecule has 0 amide bonds. The van der Waals surface area contributed by atoms with E-state index in [-0.39, 0.29) is 6.29 Å². The van der Waals surface area contributed by atoms with Crippen LogP contribution in [0.15, 0.2) is 11.6 Å². The molecule has 0 unspecified atom stereocenters. The summed E-state index contributed by atoms with van der Waals surface area (Å²) in [6.07, 6.45) is 15.6. The Hall–Kier alpha value is -0.0500. The van der Waals surface area contributed by atoms with Gasteiger partial charge in [-0.15, -0.1) is 0 Å². The van der Waals surface area contributed by atoms with Gasteiger partial charge in [0.15, 0.2) is 6.29 Å². The van der Waals surface area contributed by atoms with Gasteiger partial charge in [0, 0.05) is 17.4 Å². The molecule has 3 heteroatoms. The molecule has 1 heterocycles. The number of rotatable bonds is 5. The van der Waals surface area contributed by atoms with Crippen LogP contribution in [0.3, 0.4) is 0 Å². The van der Waals surface area contributed by atoms with Crippen molar-refractivity contribution in [3.8, 4) is 0 Å². The van der Waals surface area contributed by atoms with E-state index in [9.17, 15) is 0 Å². The monoisotopic (exact) mass is 354 g/mol. The van der Waals surface area contributed by atoms with Crippen LogP contribution in [0.5, 0.6) is 0 Å². The van der Waals surface area contributed by atoms with Crippen LogP contribution in [0.25, 0.3) is 0 Å². The average molecular weight is 355 g/mol. The van der Waals surface area contributed by atoms with Crippen molar-refractivity contribution < 1.29 is 9.47 Å². The summed E-state index contributed by atoms with van der Waals surface area (Å²) in [5.74, 6) is 3.89. The second kappa shape index (κ2) is 9.59. The third-order valence-electron chi connectivity index (χ3n) is 6.72. The van der Waals surface area contributed by atoms with E-state index < -0.39 is 0 Å². The first-order valence-electron chi connectivity index (χ1n) is 10.3. The highest BCUT2D eigenvalue weighted by molar-refractivity contribution is 6.25. The molecule has 0 radical (unpaired) electrons. The second-order valence-corrected chi connectivity index (χ2v) is 8.61. The van der Waals surface area contributed by atoms with Gasteiger partial charge in [0.1, 0.15) is 0 Å². The predicted octanol–water partition coefficient (Wildman–Crippen LogP) is 6.14. The molecular weight excluding hydrogens is 320 g/mol. The van der Waals surface area contributed by atoms with Crippen molar-refractivity contribution in [2.24, 2.45) is 29.6 Å². The van der Waals surface area contributed by atoms with Crippen LogP contribution in [0.1, 0.15) is 71.1 Å². The van der Waals surface area contributed by atoms with Gasteiger partial charge in [-0.05, 0) is 75.5 Å². The first-order chi connectivity index (χ1) is 11.8. The van der Waals surface area contributed by atoms with Crippen molar-refractivity contribution in [3.63, 3.8) is 0 Å². The Kier molecular flexibility index (Phi) is 7.49. The molecule has 138 valence electrons. The van der Waals surface area contributed by atoms with Gasteiger partial charge < -0.3 is 9.47 Å². The molecule has 0 atom stereocenters. The molecule has 0 aromatic heterocycles. The topological polar surface area (TPSA) is 18.5 Å². The predicted molar refractivity (Wildman–Crippen MR) is 100.0 cm³/mol. The Morgan fingerprint density at radius 1 is 0.833 bits per heavy atom. The molecule has 0 aromatic carbocycles. The fourth-order valence-electron chi connectivity index (χ4n) is 5.21. The zero-order valence-corrected chi connectivity index (χ0v) is 16.1. The lowest BCUT2D eigenvalue weighted by Crippen LogP contribution is -2.39. The molecule has 0 bridgehead atoms. The maximum atomic E-state index is 6.06. The summed E-state index contributed by atoms with van der Waals surface area (Å²) in [5.41, 5.74) is 1.71. The van der Waals surface area contributed by atoms with Gasteiger partial charge in [-0.25, -0.2) is 0 Å². The Morgan fingerprint density at radius 2 is 1.38 bits per heavy atom. The Labute approximate surface area is 153 Å². The summed E-state index contributed by atoms with van der Waals surface area (Å²) in [6.45, 7) is 4.07. The van der Waals surface area contributed by atoms with Crippen LogP contribution in [0.2, 0.25) is 0 Å². The number of ether oxygens (including phenoxy) is 2. The van der Waals surface area contributed by atoms with Gasteiger partial charge in [-0.1, -0.05) is 31.0 Å². The summed E-state index contributed by atoms with van der Waals surface area (Å²) >= 11 is 5.73. The van der Waals surface area contributed by atoms with E-state index >= 15 is 0 Å². The minimum Gasteiger partial charge on any atom is -0.352 e. The quantitative estimate of drug-likeness (QED) is 0.590. The zero-order chi connectivity index (χ0) is 16.8. The van der Waals surface area contributed by atoms with Crippen LogP contribution >= 0.6 is 11.6 Å². The Balaban J connectivity index is 1.37. The maximum absolute atomic E-state index is 6.06. The standard InChI is InChI=1S/C21H35ClO2/c1-2-3-17-14-23-21(24-15-17)20-10-8-19(9-11-20)18-6-4-16(5-7-18)12-13-22/h12-13,16-21H,2-11,14-15H2,1H3/b13-12+. The highest BCUT2D eigenvalue weighted by atomic mass is 35.5. The van der Waals surface area contributed by atoms with E-state index in [2.05, 4.69) is 13.0 Å². The van der Waals surface area contributed by atoms with Crippen molar-refractivity contribution in [2.45, 2.75) is 77.4 Å². The normalized spacial score (nSPS) is 41.6. The molecule has 2 aliphatic carbocycles. The van der Waals surface area contributed by atoms with Gasteiger partial charge in [-0.2, -0.15) is 0 Å². The Morgan fingerprint density at radius 3 is 1.92 bits per heavy atom. The first-order valence-corrected chi connectivity index (χ1v) is 10.7. The van der Waals surface area contributed by atoms with Gasteiger partial charge in [0.05, 0.1) is 13.2 Å². The third kappa shape index (κ3) is 4.99. The van der Waals surface area contributed by atoms with Crippen LogP contribution in [-0.4, -0.2) is 19.5 Å². The molecule has 0 aromatic rings. The number of allylic oxidation sites excluding steroid dienone is 1. The molecular formula is C21H35ClO2. The number of halogens is 1. The first kappa shape index (κ1) is 18.7. The molecule has 1 aliphatic heterocycles. The third-order valence-corrected chi connectivity index (χ3v) is 6.86. The van der Waals surface area contributed by atoms with Gasteiger partial charge in [-0.3, -0.25) is 0 Å². The maximum Gasteiger partial charge on any atom is 0.160 e. The number of hydrogen-bond donors (Lipinski definition) is 0. The molecule has 2 saturated carbocycles. The lowest BCUT2D eigenvalue weighted by Gasteiger charge is -2.40. The van der Waals surface area contributed by atoms with Crippen molar-refractivity contribution in [1.82, 2.24) is 0 Å². The van der Waals surface area contributed by atoms with E-state index in [0.29, 0.717) is 11.8 Å². The molecule has 3 fully saturated rings. The van der Waals surface area contributed by atoms with E-state index in [1.54, 1.807) is 5.54 Å². The summed E-state index contributed by atoms with van der Waals surface area (Å²) in [6, 6.07) is 0. The average Bonchev–Trinajstić information content (AvgIpc) is 2.64. The zero-order valence-electron chi connectivity index (χ0n) is 15.3. The summed E-state index contributed by atoms with van der Waals surface area (Å²) in [7, 11) is 0. The van der Waals surface area contributed by atoms with Crippen LogP contribution < -0.4 is 0 Å². The second-order valence-electron chi connectivity index (χ2n) is 8.36. The van der Waals surface area contributed by atoms with Crippen LogP contribution in [-0.2, 0) is 9.47 Å². The van der Waals surface area contributed by atoms with Crippen molar-refractivity contribution >= 4 is 11.6 Å². The van der Waals surface area contributed by atoms with Gasteiger partial charge >= 0.3 is 0 Å². The van der Waals surface area contributed by atoms with Crippen LogP contribution in [0, 0.1) is 29.6 Å². The van der Waals surface area contributed by atoms with E-state index in [1.165, 1.54) is 64.2 Å². The lowest BCUT2D eigenvalue weighted by atomic mass is 9.69. The minimum absolute atomic E-state index is 0.0867. The van der Waals surface area contributed by atoms with Crippen LogP contribution in [0.4, 0.5) is 0 Å². The summed E-state index contributed by atoms with van der Waals surface area (Å²) in [4.78, 5) is 0. The molecule has 0 spiro atoms. The summed E-state index contributed by atoms with van der Waals surface area (Å²) < 4.78 is 12.1. The van der Waals surface area contributed by atoms with Gasteiger partial charge in [0.25, 0.3) is 0 Å². The fourth-order valence-corrected chi connectivity index (χ4v) is 5.41. The summed E-state index contributed by atoms with van der Waals surface area (Å²) in [5, 5.41) is 0. The van der Waals surface area contributed by atoms with Gasteiger partial charge in [0.2, 0.25) is 0 Å². The lowest BCUT2D eigenvalue weighted by molar-refractivity contribution is -0.230. The largest absolute Gasteiger partial charge is 0.352 e. The highest BCUT2D eigenvalue weighted by Gasteiger charge is 2.35. The van der Waals surface area contributed by atoms with E-state index in [1.807, 2.05) is 0 Å².